The normalized spacial score (nSPS) is 15.0. The van der Waals surface area contributed by atoms with Crippen molar-refractivity contribution in [3.63, 3.8) is 0 Å². The Hall–Kier alpha value is -1.32. The first-order valence-corrected chi connectivity index (χ1v) is 5.44. The molecule has 4 nitrogen and oxygen atoms in total. The Labute approximate surface area is 88.9 Å². The van der Waals surface area contributed by atoms with E-state index in [2.05, 4.69) is 5.10 Å². The number of aromatic nitrogens is 2. The molecule has 0 aromatic carbocycles. The van der Waals surface area contributed by atoms with Crippen LogP contribution in [0.4, 0.5) is 0 Å². The lowest BCUT2D eigenvalue weighted by Crippen LogP contribution is -2.06. The molecule has 4 heteroatoms. The molecule has 0 bridgehead atoms. The van der Waals surface area contributed by atoms with Crippen LogP contribution in [0.3, 0.4) is 0 Å². The van der Waals surface area contributed by atoms with Gasteiger partial charge in [-0.2, -0.15) is 5.10 Å². The van der Waals surface area contributed by atoms with Crippen LogP contribution in [0.1, 0.15) is 36.2 Å². The Morgan fingerprint density at radius 1 is 1.47 bits per heavy atom. The summed E-state index contributed by atoms with van der Waals surface area (Å²) in [5.74, 6) is -0.735. The molecular weight excluding hydrogens is 192 g/mol. The summed E-state index contributed by atoms with van der Waals surface area (Å²) in [6, 6.07) is 0. The molecule has 2 rings (SSSR count). The Kier molecular flexibility index (Phi) is 2.75. The fourth-order valence-corrected chi connectivity index (χ4v) is 2.29. The van der Waals surface area contributed by atoms with Crippen LogP contribution in [0.5, 0.6) is 0 Å². The van der Waals surface area contributed by atoms with Gasteiger partial charge < -0.3 is 5.11 Å². The molecule has 1 aromatic heterocycles. The van der Waals surface area contributed by atoms with E-state index in [0.29, 0.717) is 6.42 Å². The highest BCUT2D eigenvalue weighted by Gasteiger charge is 2.19. The highest BCUT2D eigenvalue weighted by Crippen LogP contribution is 2.24. The van der Waals surface area contributed by atoms with Crippen molar-refractivity contribution in [3.8, 4) is 0 Å². The van der Waals surface area contributed by atoms with E-state index in [9.17, 15) is 4.79 Å². The highest BCUT2D eigenvalue weighted by molar-refractivity contribution is 5.67. The summed E-state index contributed by atoms with van der Waals surface area (Å²) in [5, 5.41) is 13.1. The average molecular weight is 208 g/mol. The van der Waals surface area contributed by atoms with Crippen molar-refractivity contribution >= 4 is 5.97 Å². The maximum atomic E-state index is 10.5. The molecule has 0 saturated heterocycles. The number of nitrogens with zero attached hydrogens (tertiary/aromatic N) is 2. The Morgan fingerprint density at radius 3 is 2.93 bits per heavy atom. The van der Waals surface area contributed by atoms with Gasteiger partial charge >= 0.3 is 5.97 Å². The number of carboxylic acids is 1. The van der Waals surface area contributed by atoms with E-state index in [1.165, 1.54) is 24.1 Å². The van der Waals surface area contributed by atoms with Crippen LogP contribution >= 0.6 is 0 Å². The molecule has 0 atom stereocenters. The van der Waals surface area contributed by atoms with Gasteiger partial charge in [0.05, 0.1) is 12.1 Å². The van der Waals surface area contributed by atoms with Crippen LogP contribution in [0.25, 0.3) is 0 Å². The third-order valence-corrected chi connectivity index (χ3v) is 3.02. The molecule has 0 unspecified atom stereocenters. The van der Waals surface area contributed by atoms with E-state index in [-0.39, 0.29) is 6.42 Å². The van der Waals surface area contributed by atoms with E-state index >= 15 is 0 Å². The first kappa shape index (κ1) is 10.2. The van der Waals surface area contributed by atoms with Crippen molar-refractivity contribution in [3.05, 3.63) is 17.0 Å². The van der Waals surface area contributed by atoms with Gasteiger partial charge in [-0.3, -0.25) is 9.48 Å². The fraction of sp³-hybridized carbons (Fsp3) is 0.636. The monoisotopic (exact) mass is 208 g/mol. The van der Waals surface area contributed by atoms with E-state index < -0.39 is 5.97 Å². The molecule has 0 spiro atoms. The molecule has 0 amide bonds. The van der Waals surface area contributed by atoms with Crippen LogP contribution in [-0.2, 0) is 31.1 Å². The maximum Gasteiger partial charge on any atom is 0.303 e. The van der Waals surface area contributed by atoms with Crippen molar-refractivity contribution in [1.82, 2.24) is 9.78 Å². The van der Waals surface area contributed by atoms with Gasteiger partial charge in [-0.25, -0.2) is 0 Å². The van der Waals surface area contributed by atoms with Crippen molar-refractivity contribution in [2.24, 2.45) is 7.05 Å². The van der Waals surface area contributed by atoms with Crippen molar-refractivity contribution < 1.29 is 9.90 Å². The lowest BCUT2D eigenvalue weighted by Gasteiger charge is -2.10. The van der Waals surface area contributed by atoms with Gasteiger partial charge in [0.2, 0.25) is 0 Å². The summed E-state index contributed by atoms with van der Waals surface area (Å²) >= 11 is 0. The molecule has 1 aromatic rings. The standard InChI is InChI=1S/C11H16N2O2/c1-13-10(6-7-11(14)15)8-4-2-3-5-9(8)12-13/h2-7H2,1H3,(H,14,15). The Morgan fingerprint density at radius 2 is 2.20 bits per heavy atom. The molecule has 1 N–H and O–H groups in total. The number of carbonyl (C=O) groups is 1. The summed E-state index contributed by atoms with van der Waals surface area (Å²) in [6.45, 7) is 0. The summed E-state index contributed by atoms with van der Waals surface area (Å²) in [6.07, 6.45) is 5.34. The predicted octanol–water partition coefficient (Wildman–Crippen LogP) is 1.32. The van der Waals surface area contributed by atoms with Gasteiger partial charge in [0.1, 0.15) is 0 Å². The van der Waals surface area contributed by atoms with Crippen LogP contribution in [0.15, 0.2) is 0 Å². The van der Waals surface area contributed by atoms with Gasteiger partial charge in [-0.15, -0.1) is 0 Å². The second-order valence-electron chi connectivity index (χ2n) is 4.10. The summed E-state index contributed by atoms with van der Waals surface area (Å²) in [5.41, 5.74) is 3.61. The number of fused-ring (bicyclic) bond motifs is 1. The largest absolute Gasteiger partial charge is 0.481 e. The molecule has 82 valence electrons. The van der Waals surface area contributed by atoms with Crippen molar-refractivity contribution in [2.45, 2.75) is 38.5 Å². The number of carboxylic acid groups (broad SMARTS) is 1. The minimum absolute atomic E-state index is 0.200. The molecule has 0 saturated carbocycles. The Balaban J connectivity index is 2.21. The highest BCUT2D eigenvalue weighted by atomic mass is 16.4. The first-order valence-electron chi connectivity index (χ1n) is 5.44. The van der Waals surface area contributed by atoms with Crippen LogP contribution in [0.2, 0.25) is 0 Å². The number of rotatable bonds is 3. The van der Waals surface area contributed by atoms with E-state index in [4.69, 9.17) is 5.11 Å². The minimum Gasteiger partial charge on any atom is -0.481 e. The summed E-state index contributed by atoms with van der Waals surface area (Å²) in [7, 11) is 1.91. The van der Waals surface area contributed by atoms with E-state index in [1.807, 2.05) is 11.7 Å². The van der Waals surface area contributed by atoms with E-state index in [1.54, 1.807) is 0 Å². The second-order valence-corrected chi connectivity index (χ2v) is 4.10. The predicted molar refractivity (Wildman–Crippen MR) is 55.8 cm³/mol. The van der Waals surface area contributed by atoms with Gasteiger partial charge in [-0.1, -0.05) is 0 Å². The van der Waals surface area contributed by atoms with Crippen molar-refractivity contribution in [1.29, 1.82) is 0 Å². The molecule has 1 aliphatic carbocycles. The molecule has 15 heavy (non-hydrogen) atoms. The third kappa shape index (κ3) is 2.03. The number of hydrogen-bond acceptors (Lipinski definition) is 2. The zero-order chi connectivity index (χ0) is 10.8. The quantitative estimate of drug-likeness (QED) is 0.815. The van der Waals surface area contributed by atoms with Gasteiger partial charge in [0, 0.05) is 19.2 Å². The Bertz CT molecular complexity index is 382. The number of hydrogen-bond donors (Lipinski definition) is 1. The smallest absolute Gasteiger partial charge is 0.303 e. The molecule has 0 radical (unpaired) electrons. The molecule has 1 aliphatic rings. The fourth-order valence-electron chi connectivity index (χ4n) is 2.29. The van der Waals surface area contributed by atoms with Crippen molar-refractivity contribution in [2.75, 3.05) is 0 Å². The second kappa shape index (κ2) is 4.04. The first-order chi connectivity index (χ1) is 7.18. The van der Waals surface area contributed by atoms with E-state index in [0.717, 1.165) is 18.5 Å². The number of aryl methyl sites for hydroxylation is 2. The minimum atomic E-state index is -0.735. The molecular formula is C11H16N2O2. The van der Waals surface area contributed by atoms with Gasteiger partial charge in [0.15, 0.2) is 0 Å². The molecule has 0 aliphatic heterocycles. The SMILES string of the molecule is Cn1nc2c(c1CCC(=O)O)CCCC2. The lowest BCUT2D eigenvalue weighted by molar-refractivity contribution is -0.136. The number of aliphatic carboxylic acids is 1. The molecule has 1 heterocycles. The zero-order valence-corrected chi connectivity index (χ0v) is 8.99. The lowest BCUT2D eigenvalue weighted by atomic mass is 9.94. The van der Waals surface area contributed by atoms with Crippen LogP contribution < -0.4 is 0 Å². The average Bonchev–Trinajstić information content (AvgIpc) is 2.50. The van der Waals surface area contributed by atoms with Crippen LogP contribution in [-0.4, -0.2) is 20.9 Å². The van der Waals surface area contributed by atoms with Crippen LogP contribution in [0, 0.1) is 0 Å². The molecule has 0 fully saturated rings. The maximum absolute atomic E-state index is 10.5. The third-order valence-electron chi connectivity index (χ3n) is 3.02. The summed E-state index contributed by atoms with van der Waals surface area (Å²) < 4.78 is 1.86. The summed E-state index contributed by atoms with van der Waals surface area (Å²) in [4.78, 5) is 10.5. The zero-order valence-electron chi connectivity index (χ0n) is 8.99. The topological polar surface area (TPSA) is 55.1 Å². The van der Waals surface area contributed by atoms with Gasteiger partial charge in [-0.05, 0) is 31.2 Å². The van der Waals surface area contributed by atoms with Gasteiger partial charge in [0.25, 0.3) is 0 Å².